The van der Waals surface area contributed by atoms with E-state index >= 15 is 0 Å². The predicted octanol–water partition coefficient (Wildman–Crippen LogP) is 2.46. The molecular weight excluding hydrogens is 266 g/mol. The minimum atomic E-state index is -0.690. The summed E-state index contributed by atoms with van der Waals surface area (Å²) in [6, 6.07) is -0.690. The highest BCUT2D eigenvalue weighted by Gasteiger charge is 2.26. The Bertz CT molecular complexity index is 362. The van der Waals surface area contributed by atoms with Gasteiger partial charge in [0.05, 0.1) is 0 Å². The maximum absolute atomic E-state index is 11.9. The number of hydrogen-bond donors (Lipinski definition) is 1. The van der Waals surface area contributed by atoms with Crippen LogP contribution in [0.15, 0.2) is 11.5 Å². The molecule has 1 N–H and O–H groups in total. The fourth-order valence-corrected chi connectivity index (χ4v) is 2.18. The van der Waals surface area contributed by atoms with Gasteiger partial charge >= 0.3 is 12.1 Å². The number of carbonyl (C=O) groups is 2. The summed E-state index contributed by atoms with van der Waals surface area (Å²) in [5, 5.41) is 4.47. The molecule has 0 unspecified atom stereocenters. The smallest absolute Gasteiger partial charge is 0.408 e. The van der Waals surface area contributed by atoms with E-state index in [4.69, 9.17) is 9.47 Å². The Hall–Kier alpha value is -1.17. The molecule has 1 rings (SSSR count). The molecule has 5 nitrogen and oxygen atoms in total. The first kappa shape index (κ1) is 15.9. The SMILES string of the molecule is C[C@H]1C/C=C\SC[C@@H](NC(=O)OC(C)(C)C)C(=O)O1. The van der Waals surface area contributed by atoms with Gasteiger partial charge in [0.15, 0.2) is 0 Å². The summed E-state index contributed by atoms with van der Waals surface area (Å²) < 4.78 is 10.4. The van der Waals surface area contributed by atoms with E-state index in [1.807, 2.05) is 18.4 Å². The maximum atomic E-state index is 11.9. The molecule has 0 aromatic heterocycles. The molecule has 0 saturated carbocycles. The molecule has 1 heterocycles. The molecule has 0 bridgehead atoms. The van der Waals surface area contributed by atoms with Gasteiger partial charge in [0.25, 0.3) is 0 Å². The van der Waals surface area contributed by atoms with Crippen LogP contribution in [-0.4, -0.2) is 35.6 Å². The number of hydrogen-bond acceptors (Lipinski definition) is 5. The van der Waals surface area contributed by atoms with E-state index in [9.17, 15) is 9.59 Å². The van der Waals surface area contributed by atoms with E-state index < -0.39 is 23.7 Å². The summed E-state index contributed by atoms with van der Waals surface area (Å²) in [6.45, 7) is 7.14. The Morgan fingerprint density at radius 1 is 1.53 bits per heavy atom. The molecule has 0 radical (unpaired) electrons. The molecule has 0 fully saturated rings. The van der Waals surface area contributed by atoms with Gasteiger partial charge < -0.3 is 14.8 Å². The molecule has 0 spiro atoms. The molecule has 1 amide bonds. The molecule has 108 valence electrons. The second-order valence-corrected chi connectivity index (χ2v) is 6.33. The van der Waals surface area contributed by atoms with E-state index in [-0.39, 0.29) is 6.10 Å². The highest BCUT2D eigenvalue weighted by molar-refractivity contribution is 8.02. The second-order valence-electron chi connectivity index (χ2n) is 5.39. The number of nitrogens with one attached hydrogen (secondary N) is 1. The summed E-state index contributed by atoms with van der Waals surface area (Å²) in [7, 11) is 0. The van der Waals surface area contributed by atoms with Crippen LogP contribution in [0.2, 0.25) is 0 Å². The number of cyclic esters (lactones) is 1. The Kier molecular flexibility index (Phi) is 5.72. The number of esters is 1. The van der Waals surface area contributed by atoms with Crippen LogP contribution in [0.1, 0.15) is 34.1 Å². The summed E-state index contributed by atoms with van der Waals surface area (Å²) >= 11 is 1.46. The molecule has 0 saturated heterocycles. The van der Waals surface area contributed by atoms with Crippen molar-refractivity contribution in [1.29, 1.82) is 0 Å². The fraction of sp³-hybridized carbons (Fsp3) is 0.692. The third-order valence-corrected chi connectivity index (χ3v) is 3.13. The van der Waals surface area contributed by atoms with Gasteiger partial charge in [0.2, 0.25) is 0 Å². The van der Waals surface area contributed by atoms with Gasteiger partial charge in [0.1, 0.15) is 17.7 Å². The summed E-state index contributed by atoms with van der Waals surface area (Å²) in [5.41, 5.74) is -0.590. The van der Waals surface area contributed by atoms with Crippen LogP contribution in [0.5, 0.6) is 0 Å². The number of rotatable bonds is 1. The summed E-state index contributed by atoms with van der Waals surface area (Å²) in [6.07, 6.45) is 1.84. The van der Waals surface area contributed by atoms with E-state index in [0.29, 0.717) is 12.2 Å². The maximum Gasteiger partial charge on any atom is 0.408 e. The minimum absolute atomic E-state index is 0.189. The normalized spacial score (nSPS) is 26.4. The number of ether oxygens (including phenoxy) is 2. The first-order chi connectivity index (χ1) is 8.78. The van der Waals surface area contributed by atoms with Gasteiger partial charge in [-0.05, 0) is 33.1 Å². The van der Waals surface area contributed by atoms with Gasteiger partial charge in [0, 0.05) is 12.2 Å². The number of thioether (sulfide) groups is 1. The van der Waals surface area contributed by atoms with Crippen molar-refractivity contribution in [3.8, 4) is 0 Å². The zero-order valence-electron chi connectivity index (χ0n) is 11.8. The molecule has 2 atom stereocenters. The molecule has 0 aliphatic carbocycles. The first-order valence-corrected chi connectivity index (χ1v) is 7.29. The predicted molar refractivity (Wildman–Crippen MR) is 74.9 cm³/mol. The quantitative estimate of drug-likeness (QED) is 0.751. The van der Waals surface area contributed by atoms with Crippen molar-refractivity contribution in [3.63, 3.8) is 0 Å². The standard InChI is InChI=1S/C13H21NO4S/c1-9-6-5-7-19-8-10(11(15)17-9)14-12(16)18-13(2,3)4/h5,7,9-10H,6,8H2,1-4H3,(H,14,16)/b7-5-/t9-,10+/m0/s1. The van der Waals surface area contributed by atoms with Crippen LogP contribution in [0.25, 0.3) is 0 Å². The number of alkyl carbamates (subject to hydrolysis) is 1. The lowest BCUT2D eigenvalue weighted by atomic mass is 10.2. The van der Waals surface area contributed by atoms with Crippen LogP contribution in [0.3, 0.4) is 0 Å². The fourth-order valence-electron chi connectivity index (χ4n) is 1.41. The van der Waals surface area contributed by atoms with Crippen LogP contribution in [0, 0.1) is 0 Å². The van der Waals surface area contributed by atoms with E-state index in [0.717, 1.165) is 0 Å². The van der Waals surface area contributed by atoms with Crippen molar-refractivity contribution in [1.82, 2.24) is 5.32 Å². The van der Waals surface area contributed by atoms with Crippen LogP contribution in [-0.2, 0) is 14.3 Å². The van der Waals surface area contributed by atoms with Crippen molar-refractivity contribution < 1.29 is 19.1 Å². The summed E-state index contributed by atoms with van der Waals surface area (Å²) in [5.74, 6) is 0.0101. The Morgan fingerprint density at radius 2 is 2.21 bits per heavy atom. The second kappa shape index (κ2) is 6.84. The Balaban J connectivity index is 2.60. The third-order valence-electron chi connectivity index (χ3n) is 2.22. The molecule has 0 aromatic carbocycles. The van der Waals surface area contributed by atoms with Gasteiger partial charge in [-0.2, -0.15) is 0 Å². The summed E-state index contributed by atoms with van der Waals surface area (Å²) in [4.78, 5) is 23.6. The van der Waals surface area contributed by atoms with Crippen molar-refractivity contribution in [2.75, 3.05) is 5.75 Å². The molecular formula is C13H21NO4S. The molecule has 0 aromatic rings. The van der Waals surface area contributed by atoms with E-state index in [2.05, 4.69) is 5.32 Å². The number of amides is 1. The minimum Gasteiger partial charge on any atom is -0.461 e. The van der Waals surface area contributed by atoms with Crippen molar-refractivity contribution in [2.24, 2.45) is 0 Å². The lowest BCUT2D eigenvalue weighted by Gasteiger charge is -2.23. The van der Waals surface area contributed by atoms with E-state index in [1.54, 1.807) is 20.8 Å². The lowest BCUT2D eigenvalue weighted by molar-refractivity contribution is -0.149. The van der Waals surface area contributed by atoms with E-state index in [1.165, 1.54) is 11.8 Å². The van der Waals surface area contributed by atoms with Crippen molar-refractivity contribution in [3.05, 3.63) is 11.5 Å². The van der Waals surface area contributed by atoms with Crippen LogP contribution < -0.4 is 5.32 Å². The average molecular weight is 287 g/mol. The van der Waals surface area contributed by atoms with Gasteiger partial charge in [-0.1, -0.05) is 6.08 Å². The topological polar surface area (TPSA) is 64.6 Å². The Morgan fingerprint density at radius 3 is 2.84 bits per heavy atom. The molecule has 1 aliphatic heterocycles. The van der Waals surface area contributed by atoms with Gasteiger partial charge in [-0.25, -0.2) is 9.59 Å². The van der Waals surface area contributed by atoms with Crippen LogP contribution >= 0.6 is 11.8 Å². The van der Waals surface area contributed by atoms with Crippen molar-refractivity contribution in [2.45, 2.75) is 51.9 Å². The highest BCUT2D eigenvalue weighted by Crippen LogP contribution is 2.14. The van der Waals surface area contributed by atoms with Gasteiger partial charge in [-0.15, -0.1) is 11.8 Å². The lowest BCUT2D eigenvalue weighted by Crippen LogP contribution is -2.46. The third kappa shape index (κ3) is 6.52. The van der Waals surface area contributed by atoms with Gasteiger partial charge in [-0.3, -0.25) is 0 Å². The molecule has 6 heteroatoms. The first-order valence-electron chi connectivity index (χ1n) is 6.24. The zero-order valence-corrected chi connectivity index (χ0v) is 12.6. The van der Waals surface area contributed by atoms with Crippen molar-refractivity contribution >= 4 is 23.8 Å². The number of carbonyl (C=O) groups excluding carboxylic acids is 2. The average Bonchev–Trinajstić information content (AvgIpc) is 2.29. The highest BCUT2D eigenvalue weighted by atomic mass is 32.2. The Labute approximate surface area is 118 Å². The largest absolute Gasteiger partial charge is 0.461 e. The molecule has 1 aliphatic rings. The van der Waals surface area contributed by atoms with Crippen LogP contribution in [0.4, 0.5) is 4.79 Å². The molecule has 19 heavy (non-hydrogen) atoms. The zero-order chi connectivity index (χ0) is 14.5. The monoisotopic (exact) mass is 287 g/mol.